The number of amides is 1. The van der Waals surface area contributed by atoms with Gasteiger partial charge in [-0.3, -0.25) is 24.0 Å². The number of nitrogens with two attached hydrogens (primary N) is 1. The van der Waals surface area contributed by atoms with Crippen LogP contribution in [0, 0.1) is 5.92 Å². The largest absolute Gasteiger partial charge is 0.481 e. The highest BCUT2D eigenvalue weighted by Gasteiger charge is 2.32. The predicted molar refractivity (Wildman–Crippen MR) is 137 cm³/mol. The summed E-state index contributed by atoms with van der Waals surface area (Å²) in [7, 11) is 0. The lowest BCUT2D eigenvalue weighted by molar-refractivity contribution is -0.141. The molecule has 11 nitrogen and oxygen atoms in total. The Morgan fingerprint density at radius 1 is 1.19 bits per heavy atom. The van der Waals surface area contributed by atoms with E-state index in [2.05, 4.69) is 15.3 Å². The van der Waals surface area contributed by atoms with Crippen LogP contribution in [0.25, 0.3) is 10.2 Å². The molecule has 1 atom stereocenters. The van der Waals surface area contributed by atoms with Crippen LogP contribution in [0.3, 0.4) is 0 Å². The Bertz CT molecular complexity index is 1760. The van der Waals surface area contributed by atoms with Crippen LogP contribution in [0.5, 0.6) is 0 Å². The second kappa shape index (κ2) is 8.37. The van der Waals surface area contributed by atoms with Gasteiger partial charge in [-0.15, -0.1) is 11.3 Å². The van der Waals surface area contributed by atoms with Gasteiger partial charge in [0.15, 0.2) is 0 Å². The zero-order valence-corrected chi connectivity index (χ0v) is 20.2. The Kier molecular flexibility index (Phi) is 5.23. The summed E-state index contributed by atoms with van der Waals surface area (Å²) in [4.78, 5) is 70.2. The number of carbonyl (C=O) groups is 2. The minimum absolute atomic E-state index is 0.00741. The minimum atomic E-state index is -0.889. The lowest BCUT2D eigenvalue weighted by atomic mass is 9.96. The molecule has 1 unspecified atom stereocenters. The van der Waals surface area contributed by atoms with Crippen LogP contribution < -0.4 is 32.4 Å². The molecule has 0 spiro atoms. The number of carboxylic acids is 1. The smallest absolute Gasteiger partial charge is 0.307 e. The second-order valence-electron chi connectivity index (χ2n) is 9.42. The first kappa shape index (κ1) is 23.1. The number of fused-ring (bicyclic) bond motifs is 4. The maximum atomic E-state index is 12.8. The van der Waals surface area contributed by atoms with Crippen LogP contribution in [0.1, 0.15) is 37.7 Å². The molecule has 188 valence electrons. The first-order valence-corrected chi connectivity index (χ1v) is 12.5. The van der Waals surface area contributed by atoms with Crippen molar-refractivity contribution in [3.63, 3.8) is 0 Å². The molecule has 0 radical (unpaired) electrons. The third-order valence-corrected chi connectivity index (χ3v) is 8.31. The van der Waals surface area contributed by atoms with E-state index in [0.717, 1.165) is 21.6 Å². The lowest BCUT2D eigenvalue weighted by Gasteiger charge is -2.32. The van der Waals surface area contributed by atoms with Crippen LogP contribution in [-0.2, 0) is 37.1 Å². The first-order chi connectivity index (χ1) is 17.7. The van der Waals surface area contributed by atoms with Gasteiger partial charge in [0.1, 0.15) is 16.2 Å². The van der Waals surface area contributed by atoms with Crippen molar-refractivity contribution < 1.29 is 14.7 Å². The third kappa shape index (κ3) is 3.71. The highest BCUT2D eigenvalue weighted by molar-refractivity contribution is 7.18. The van der Waals surface area contributed by atoms with Crippen molar-refractivity contribution in [2.45, 2.75) is 32.4 Å². The van der Waals surface area contributed by atoms with Gasteiger partial charge in [-0.2, -0.15) is 0 Å². The first-order valence-electron chi connectivity index (χ1n) is 11.7. The van der Waals surface area contributed by atoms with Crippen LogP contribution in [0.4, 0.5) is 11.4 Å². The number of hydrogen-bond acceptors (Lipinski definition) is 9. The molecule has 5 N–H and O–H groups in total. The van der Waals surface area contributed by atoms with Crippen molar-refractivity contribution >= 4 is 44.8 Å². The van der Waals surface area contributed by atoms with Crippen molar-refractivity contribution in [3.05, 3.63) is 82.0 Å². The van der Waals surface area contributed by atoms with Gasteiger partial charge in [0.05, 0.1) is 11.3 Å². The molecular weight excluding hydrogens is 498 g/mol. The lowest BCUT2D eigenvalue weighted by Crippen LogP contribution is -2.44. The fraction of sp³-hybridized carbons (Fsp3) is 0.280. The molecule has 0 saturated carbocycles. The van der Waals surface area contributed by atoms with E-state index in [1.807, 2.05) is 23.1 Å². The summed E-state index contributed by atoms with van der Waals surface area (Å²) in [6, 6.07) is 5.82. The number of carbonyl (C=O) groups excluding carboxylic acids is 1. The molecule has 3 heterocycles. The zero-order valence-electron chi connectivity index (χ0n) is 19.4. The summed E-state index contributed by atoms with van der Waals surface area (Å²) in [5, 5.41) is 12.4. The number of carboxylic acid groups (broad SMARTS) is 1. The number of rotatable bonds is 5. The Labute approximate surface area is 212 Å². The highest BCUT2D eigenvalue weighted by Crippen LogP contribution is 2.37. The molecule has 6 rings (SSSR count). The fourth-order valence-corrected chi connectivity index (χ4v) is 6.49. The van der Waals surface area contributed by atoms with Gasteiger partial charge in [0.2, 0.25) is 5.82 Å². The van der Waals surface area contributed by atoms with Crippen molar-refractivity contribution in [3.8, 4) is 0 Å². The van der Waals surface area contributed by atoms with Gasteiger partial charge < -0.3 is 26.0 Å². The molecule has 1 aliphatic carbocycles. The number of aromatic nitrogens is 2. The Hall–Kier alpha value is -4.32. The van der Waals surface area contributed by atoms with E-state index in [0.29, 0.717) is 41.7 Å². The predicted octanol–water partition coefficient (Wildman–Crippen LogP) is 0.455. The number of nitrogen functional groups attached to an aromatic ring is 1. The number of aromatic amines is 1. The second-order valence-corrected chi connectivity index (χ2v) is 10.5. The van der Waals surface area contributed by atoms with Gasteiger partial charge in [-0.25, -0.2) is 4.98 Å². The standard InChI is InChI=1S/C25H21N5O6S/c26-17-18(20(32)19(17)31)30-4-3-11-2-1-10(5-13(11)9-30)8-27-23(34)21-28-22(33)16-14-6-12(25(35)36)7-15(14)37-24(16)29-21/h1-2,5,12H,3-4,6-9,26H2,(H,27,34)(H,35,36)(H,28,29,33). The van der Waals surface area contributed by atoms with Gasteiger partial charge in [-0.1, -0.05) is 18.2 Å². The van der Waals surface area contributed by atoms with Crippen molar-refractivity contribution in [2.24, 2.45) is 5.92 Å². The molecule has 0 bridgehead atoms. The van der Waals surface area contributed by atoms with Crippen molar-refractivity contribution in [1.29, 1.82) is 0 Å². The molecule has 4 aromatic rings. The van der Waals surface area contributed by atoms with Crippen LogP contribution in [-0.4, -0.2) is 33.5 Å². The summed E-state index contributed by atoms with van der Waals surface area (Å²) in [5.41, 5.74) is 7.99. The molecule has 2 aromatic heterocycles. The van der Waals surface area contributed by atoms with Gasteiger partial charge in [0.25, 0.3) is 22.3 Å². The molecule has 1 amide bonds. The van der Waals surface area contributed by atoms with Crippen molar-refractivity contribution in [1.82, 2.24) is 15.3 Å². The molecule has 0 saturated heterocycles. The van der Waals surface area contributed by atoms with Crippen molar-refractivity contribution in [2.75, 3.05) is 17.2 Å². The maximum Gasteiger partial charge on any atom is 0.307 e. The quantitative estimate of drug-likeness (QED) is 0.273. The number of H-pyrrole nitrogens is 1. The number of thiophene rings is 1. The van der Waals surface area contributed by atoms with E-state index in [4.69, 9.17) is 5.73 Å². The molecule has 2 aliphatic rings. The summed E-state index contributed by atoms with van der Waals surface area (Å²) >= 11 is 1.26. The van der Waals surface area contributed by atoms with E-state index in [1.54, 1.807) is 0 Å². The summed E-state index contributed by atoms with van der Waals surface area (Å²) in [5.74, 6) is -2.07. The number of nitrogens with one attached hydrogen (secondary N) is 2. The van der Waals surface area contributed by atoms with Gasteiger partial charge >= 0.3 is 5.97 Å². The summed E-state index contributed by atoms with van der Waals surface area (Å²) < 4.78 is 0. The third-order valence-electron chi connectivity index (χ3n) is 7.16. The molecule has 1 aliphatic heterocycles. The number of hydrogen-bond donors (Lipinski definition) is 4. The van der Waals surface area contributed by atoms with Crippen LogP contribution >= 0.6 is 11.3 Å². The number of aliphatic carboxylic acids is 1. The molecule has 12 heteroatoms. The molecule has 2 aromatic carbocycles. The average molecular weight is 520 g/mol. The number of nitrogens with zero attached hydrogens (tertiary/aromatic N) is 2. The van der Waals surface area contributed by atoms with E-state index in [-0.39, 0.29) is 30.2 Å². The number of anilines is 2. The van der Waals surface area contributed by atoms with Crippen LogP contribution in [0.2, 0.25) is 0 Å². The number of benzene rings is 1. The van der Waals surface area contributed by atoms with E-state index >= 15 is 0 Å². The Morgan fingerprint density at radius 3 is 2.76 bits per heavy atom. The van der Waals surface area contributed by atoms with Gasteiger partial charge in [-0.05, 0) is 41.5 Å². The fourth-order valence-electron chi connectivity index (χ4n) is 5.20. The average Bonchev–Trinajstić information content (AvgIpc) is 3.45. The summed E-state index contributed by atoms with van der Waals surface area (Å²) in [6.07, 6.45) is 1.34. The Balaban J connectivity index is 1.17. The van der Waals surface area contributed by atoms with E-state index in [9.17, 15) is 29.1 Å². The molecule has 0 fully saturated rings. The Morgan fingerprint density at radius 2 is 2.00 bits per heavy atom. The van der Waals surface area contributed by atoms with E-state index in [1.165, 1.54) is 11.3 Å². The normalized spacial score (nSPS) is 16.6. The maximum absolute atomic E-state index is 12.8. The van der Waals surface area contributed by atoms with Crippen LogP contribution in [0.15, 0.2) is 32.6 Å². The van der Waals surface area contributed by atoms with E-state index < -0.39 is 34.2 Å². The topological polar surface area (TPSA) is 176 Å². The van der Waals surface area contributed by atoms with Gasteiger partial charge in [0, 0.05) is 24.5 Å². The monoisotopic (exact) mass is 519 g/mol. The molecular formula is C25H21N5O6S. The summed E-state index contributed by atoms with van der Waals surface area (Å²) in [6.45, 7) is 1.21. The zero-order chi connectivity index (χ0) is 26.0. The highest BCUT2D eigenvalue weighted by atomic mass is 32.1. The molecule has 37 heavy (non-hydrogen) atoms. The SMILES string of the molecule is Nc1c(N2CCc3ccc(CNC(=O)c4nc5sc6c(c5c(=O)[nH]4)CC(C(=O)O)C6)cc3C2)c(=O)c1=O. The minimum Gasteiger partial charge on any atom is -0.481 e.